The average molecular weight is 345 g/mol. The van der Waals surface area contributed by atoms with Crippen molar-refractivity contribution in [2.45, 2.75) is 57.2 Å². The minimum absolute atomic E-state index is 0.0282. The number of aryl methyl sites for hydroxylation is 1. The topological polar surface area (TPSA) is 83.2 Å². The number of rotatable bonds is 5. The summed E-state index contributed by atoms with van der Waals surface area (Å²) in [5.74, 6) is -0.0565. The first kappa shape index (κ1) is 17.9. The van der Waals surface area contributed by atoms with Gasteiger partial charge < -0.3 is 10.1 Å². The second kappa shape index (κ2) is 7.98. The van der Waals surface area contributed by atoms with Crippen LogP contribution in [0.3, 0.4) is 0 Å². The standard InChI is InChI=1S/C18H27N5O2/c1-15-9-20-23(10-15)12-16-11-22(7-8-25-16)13-17(24)21-18(14-19)5-3-2-4-6-18/h9-10,16H,2-8,11-13H2,1H3,(H,21,24)/t16-/m0/s1. The van der Waals surface area contributed by atoms with Gasteiger partial charge in [0.2, 0.25) is 5.91 Å². The number of carbonyl (C=O) groups is 1. The highest BCUT2D eigenvalue weighted by Gasteiger charge is 2.34. The highest BCUT2D eigenvalue weighted by molar-refractivity contribution is 5.79. The lowest BCUT2D eigenvalue weighted by Gasteiger charge is -2.35. The van der Waals surface area contributed by atoms with E-state index in [0.717, 1.165) is 44.2 Å². The molecule has 0 bridgehead atoms. The third-order valence-corrected chi connectivity index (χ3v) is 5.04. The number of aromatic nitrogens is 2. The van der Waals surface area contributed by atoms with Crippen molar-refractivity contribution in [1.29, 1.82) is 5.26 Å². The first-order valence-corrected chi connectivity index (χ1v) is 9.14. The fourth-order valence-corrected chi connectivity index (χ4v) is 3.74. The molecule has 7 nitrogen and oxygen atoms in total. The summed E-state index contributed by atoms with van der Waals surface area (Å²) in [6.07, 6.45) is 8.55. The van der Waals surface area contributed by atoms with E-state index in [1.807, 2.05) is 24.0 Å². The van der Waals surface area contributed by atoms with E-state index in [4.69, 9.17) is 4.74 Å². The number of carbonyl (C=O) groups excluding carboxylic acids is 1. The van der Waals surface area contributed by atoms with Gasteiger partial charge in [-0.15, -0.1) is 0 Å². The molecule has 2 aliphatic rings. The zero-order valence-corrected chi connectivity index (χ0v) is 14.9. The van der Waals surface area contributed by atoms with E-state index < -0.39 is 5.54 Å². The molecule has 1 aliphatic heterocycles. The molecule has 1 atom stereocenters. The van der Waals surface area contributed by atoms with E-state index in [0.29, 0.717) is 26.2 Å². The van der Waals surface area contributed by atoms with E-state index in [2.05, 4.69) is 21.4 Å². The van der Waals surface area contributed by atoms with E-state index >= 15 is 0 Å². The van der Waals surface area contributed by atoms with Gasteiger partial charge in [0.05, 0.1) is 38.1 Å². The summed E-state index contributed by atoms with van der Waals surface area (Å²) in [6, 6.07) is 2.34. The molecule has 1 amide bonds. The van der Waals surface area contributed by atoms with Crippen molar-refractivity contribution >= 4 is 5.91 Å². The number of hydrogen-bond donors (Lipinski definition) is 1. The van der Waals surface area contributed by atoms with E-state index in [1.54, 1.807) is 0 Å². The maximum absolute atomic E-state index is 12.4. The largest absolute Gasteiger partial charge is 0.374 e. The van der Waals surface area contributed by atoms with Crippen LogP contribution in [-0.2, 0) is 16.1 Å². The quantitative estimate of drug-likeness (QED) is 0.868. The minimum Gasteiger partial charge on any atom is -0.374 e. The van der Waals surface area contributed by atoms with E-state index in [-0.39, 0.29) is 12.0 Å². The summed E-state index contributed by atoms with van der Waals surface area (Å²) in [5, 5.41) is 16.8. The highest BCUT2D eigenvalue weighted by Crippen LogP contribution is 2.27. The zero-order chi connectivity index (χ0) is 17.7. The molecular formula is C18H27N5O2. The van der Waals surface area contributed by atoms with E-state index in [1.165, 1.54) is 0 Å². The number of morpholine rings is 1. The molecule has 0 unspecified atom stereocenters. The zero-order valence-electron chi connectivity index (χ0n) is 14.9. The fraction of sp³-hybridized carbons (Fsp3) is 0.722. The molecule has 1 N–H and O–H groups in total. The van der Waals surface area contributed by atoms with Crippen molar-refractivity contribution in [3.63, 3.8) is 0 Å². The Bertz CT molecular complexity index is 630. The molecule has 0 spiro atoms. The van der Waals surface area contributed by atoms with Crippen LogP contribution in [0.4, 0.5) is 0 Å². The van der Waals surface area contributed by atoms with Crippen LogP contribution in [-0.4, -0.2) is 58.5 Å². The Kier molecular flexibility index (Phi) is 5.71. The number of hydrogen-bond acceptors (Lipinski definition) is 5. The van der Waals surface area contributed by atoms with E-state index in [9.17, 15) is 10.1 Å². The monoisotopic (exact) mass is 345 g/mol. The molecule has 1 saturated carbocycles. The van der Waals surface area contributed by atoms with Crippen LogP contribution in [0.1, 0.15) is 37.7 Å². The third kappa shape index (κ3) is 4.80. The molecule has 136 valence electrons. The number of amides is 1. The van der Waals surface area contributed by atoms with Gasteiger partial charge in [-0.2, -0.15) is 10.4 Å². The molecule has 25 heavy (non-hydrogen) atoms. The van der Waals surface area contributed by atoms with Crippen LogP contribution < -0.4 is 5.32 Å². The Morgan fingerprint density at radius 2 is 2.28 bits per heavy atom. The summed E-state index contributed by atoms with van der Waals surface area (Å²) in [7, 11) is 0. The van der Waals surface area contributed by atoms with Gasteiger partial charge >= 0.3 is 0 Å². The molecule has 1 aromatic heterocycles. The maximum Gasteiger partial charge on any atom is 0.235 e. The van der Waals surface area contributed by atoms with Gasteiger partial charge in [-0.1, -0.05) is 19.3 Å². The van der Waals surface area contributed by atoms with Crippen LogP contribution in [0.25, 0.3) is 0 Å². The Hall–Kier alpha value is -1.91. The van der Waals surface area contributed by atoms with Crippen molar-refractivity contribution in [3.8, 4) is 6.07 Å². The van der Waals surface area contributed by atoms with Crippen LogP contribution in [0.15, 0.2) is 12.4 Å². The van der Waals surface area contributed by atoms with Gasteiger partial charge in [-0.05, 0) is 25.3 Å². The molecule has 7 heteroatoms. The molecule has 2 fully saturated rings. The lowest BCUT2D eigenvalue weighted by molar-refractivity contribution is -0.126. The summed E-state index contributed by atoms with van der Waals surface area (Å²) in [5.41, 5.74) is 0.467. The Labute approximate surface area is 148 Å². The first-order chi connectivity index (χ1) is 12.1. The normalized spacial score (nSPS) is 23.8. The molecule has 2 heterocycles. The summed E-state index contributed by atoms with van der Waals surface area (Å²) in [4.78, 5) is 14.6. The number of ether oxygens (including phenoxy) is 1. The summed E-state index contributed by atoms with van der Waals surface area (Å²) >= 11 is 0. The van der Waals surface area contributed by atoms with Crippen LogP contribution in [0, 0.1) is 18.3 Å². The highest BCUT2D eigenvalue weighted by atomic mass is 16.5. The van der Waals surface area contributed by atoms with Crippen molar-refractivity contribution in [3.05, 3.63) is 18.0 Å². The number of nitrogens with one attached hydrogen (secondary N) is 1. The summed E-state index contributed by atoms with van der Waals surface area (Å²) < 4.78 is 7.69. The molecule has 0 radical (unpaired) electrons. The Morgan fingerprint density at radius 1 is 1.48 bits per heavy atom. The van der Waals surface area contributed by atoms with Gasteiger partial charge in [-0.25, -0.2) is 0 Å². The fourth-order valence-electron chi connectivity index (χ4n) is 3.74. The summed E-state index contributed by atoms with van der Waals surface area (Å²) in [6.45, 7) is 5.07. The van der Waals surface area contributed by atoms with Crippen molar-refractivity contribution in [2.24, 2.45) is 0 Å². The first-order valence-electron chi connectivity index (χ1n) is 9.14. The van der Waals surface area contributed by atoms with Gasteiger partial charge in [0.15, 0.2) is 0 Å². The Morgan fingerprint density at radius 3 is 2.96 bits per heavy atom. The Balaban J connectivity index is 1.50. The minimum atomic E-state index is -0.659. The number of nitriles is 1. The average Bonchev–Trinajstić information content (AvgIpc) is 3.00. The lowest BCUT2D eigenvalue weighted by atomic mass is 9.83. The molecule has 1 saturated heterocycles. The SMILES string of the molecule is Cc1cnn(C[C@@H]2CN(CC(=O)NC3(C#N)CCCCC3)CCO2)c1. The van der Waals surface area contributed by atoms with Crippen molar-refractivity contribution < 1.29 is 9.53 Å². The van der Waals surface area contributed by atoms with Crippen LogP contribution in [0.5, 0.6) is 0 Å². The second-order valence-corrected chi connectivity index (χ2v) is 7.27. The maximum atomic E-state index is 12.4. The van der Waals surface area contributed by atoms with Gasteiger partial charge in [0, 0.05) is 19.3 Å². The molecule has 1 aromatic rings. The predicted molar refractivity (Wildman–Crippen MR) is 92.7 cm³/mol. The predicted octanol–water partition coefficient (Wildman–Crippen LogP) is 1.24. The van der Waals surface area contributed by atoms with Gasteiger partial charge in [-0.3, -0.25) is 14.4 Å². The van der Waals surface area contributed by atoms with Crippen molar-refractivity contribution in [1.82, 2.24) is 20.0 Å². The molecule has 1 aliphatic carbocycles. The van der Waals surface area contributed by atoms with Crippen LogP contribution >= 0.6 is 0 Å². The number of nitrogens with zero attached hydrogens (tertiary/aromatic N) is 4. The molecular weight excluding hydrogens is 318 g/mol. The lowest BCUT2D eigenvalue weighted by Crippen LogP contribution is -2.54. The smallest absolute Gasteiger partial charge is 0.235 e. The van der Waals surface area contributed by atoms with Crippen molar-refractivity contribution in [2.75, 3.05) is 26.2 Å². The molecule has 0 aromatic carbocycles. The third-order valence-electron chi connectivity index (χ3n) is 5.04. The van der Waals surface area contributed by atoms with Crippen LogP contribution in [0.2, 0.25) is 0 Å². The van der Waals surface area contributed by atoms with Gasteiger partial charge in [0.1, 0.15) is 5.54 Å². The molecule has 3 rings (SSSR count). The van der Waals surface area contributed by atoms with Gasteiger partial charge in [0.25, 0.3) is 0 Å². The second-order valence-electron chi connectivity index (χ2n) is 7.27.